The van der Waals surface area contributed by atoms with Gasteiger partial charge in [-0.3, -0.25) is 0 Å². The van der Waals surface area contributed by atoms with Crippen LogP contribution in [0.3, 0.4) is 0 Å². The topological polar surface area (TPSA) is 55.8 Å². The fraction of sp³-hybridized carbons (Fsp3) is 0.667. The first kappa shape index (κ1) is 13.5. The van der Waals surface area contributed by atoms with Crippen LogP contribution in [0.4, 0.5) is 0 Å². The molecule has 2 fully saturated rings. The maximum atomic E-state index is 12.6. The van der Waals surface area contributed by atoms with E-state index in [2.05, 4.69) is 0 Å². The van der Waals surface area contributed by atoms with E-state index in [1.807, 2.05) is 13.0 Å². The average molecular weight is 303 g/mol. The van der Waals surface area contributed by atoms with E-state index in [0.717, 1.165) is 17.7 Å². The van der Waals surface area contributed by atoms with Gasteiger partial charge in [-0.05, 0) is 25.5 Å². The lowest BCUT2D eigenvalue weighted by molar-refractivity contribution is -0.179. The minimum Gasteiger partial charge on any atom is -0.346 e. The van der Waals surface area contributed by atoms with Crippen LogP contribution in [-0.2, 0) is 19.5 Å². The lowest BCUT2D eigenvalue weighted by Crippen LogP contribution is -2.50. The molecule has 0 aromatic carbocycles. The summed E-state index contributed by atoms with van der Waals surface area (Å²) in [5.41, 5.74) is 0. The molecule has 0 saturated carbocycles. The Balaban J connectivity index is 1.85. The Bertz CT molecular complexity index is 560. The average Bonchev–Trinajstić information content (AvgIpc) is 3.00. The minimum absolute atomic E-state index is 0.298. The maximum absolute atomic E-state index is 12.6. The smallest absolute Gasteiger partial charge is 0.252 e. The van der Waals surface area contributed by atoms with E-state index < -0.39 is 15.8 Å². The molecule has 7 heteroatoms. The van der Waals surface area contributed by atoms with Gasteiger partial charge in [0.15, 0.2) is 5.79 Å². The second-order valence-electron chi connectivity index (χ2n) is 4.91. The van der Waals surface area contributed by atoms with Crippen molar-refractivity contribution < 1.29 is 17.9 Å². The predicted octanol–water partition coefficient (Wildman–Crippen LogP) is 1.58. The zero-order valence-corrected chi connectivity index (χ0v) is 12.4. The summed E-state index contributed by atoms with van der Waals surface area (Å²) in [4.78, 5) is 0.999. The van der Waals surface area contributed by atoms with Crippen molar-refractivity contribution in [2.24, 2.45) is 0 Å². The molecule has 2 saturated heterocycles. The Morgan fingerprint density at radius 2 is 2.05 bits per heavy atom. The highest BCUT2D eigenvalue weighted by atomic mass is 32.2. The van der Waals surface area contributed by atoms with E-state index in [-0.39, 0.29) is 0 Å². The fourth-order valence-electron chi connectivity index (χ4n) is 2.57. The van der Waals surface area contributed by atoms with Gasteiger partial charge in [0.25, 0.3) is 10.0 Å². The van der Waals surface area contributed by atoms with Crippen LogP contribution in [0.15, 0.2) is 16.3 Å². The van der Waals surface area contributed by atoms with Crippen LogP contribution < -0.4 is 0 Å². The number of piperidine rings is 1. The van der Waals surface area contributed by atoms with Gasteiger partial charge in [-0.25, -0.2) is 8.42 Å². The van der Waals surface area contributed by atoms with Crippen LogP contribution in [0.5, 0.6) is 0 Å². The summed E-state index contributed by atoms with van der Waals surface area (Å²) in [6, 6.07) is 3.51. The van der Waals surface area contributed by atoms with Crippen molar-refractivity contribution in [1.29, 1.82) is 0 Å². The second-order valence-corrected chi connectivity index (χ2v) is 8.37. The van der Waals surface area contributed by atoms with E-state index in [0.29, 0.717) is 30.5 Å². The van der Waals surface area contributed by atoms with Gasteiger partial charge in [0, 0.05) is 17.8 Å². The molecule has 0 radical (unpaired) electrons. The van der Waals surface area contributed by atoms with Crippen molar-refractivity contribution in [1.82, 2.24) is 4.31 Å². The molecule has 0 unspecified atom stereocenters. The Hall–Kier alpha value is -0.470. The quantitative estimate of drug-likeness (QED) is 0.832. The number of thiophene rings is 1. The summed E-state index contributed by atoms with van der Waals surface area (Å²) >= 11 is 1.31. The summed E-state index contributed by atoms with van der Waals surface area (Å²) in [6.07, 6.45) is 1.53. The number of sulfonamides is 1. The van der Waals surface area contributed by atoms with Gasteiger partial charge in [-0.2, -0.15) is 4.31 Å². The lowest BCUT2D eigenvalue weighted by Gasteiger charge is -2.37. The maximum Gasteiger partial charge on any atom is 0.252 e. The largest absolute Gasteiger partial charge is 0.346 e. The molecule has 0 atom stereocenters. The summed E-state index contributed by atoms with van der Waals surface area (Å²) in [6.45, 7) is 3.84. The molecule has 106 valence electrons. The number of hydrogen-bond donors (Lipinski definition) is 0. The molecule has 1 spiro atoms. The minimum atomic E-state index is -3.41. The molecule has 3 rings (SSSR count). The van der Waals surface area contributed by atoms with E-state index in [9.17, 15) is 8.42 Å². The Labute approximate surface area is 117 Å². The van der Waals surface area contributed by atoms with Crippen molar-refractivity contribution >= 4 is 21.4 Å². The molecular weight excluding hydrogens is 286 g/mol. The van der Waals surface area contributed by atoms with Crippen LogP contribution in [0, 0.1) is 6.92 Å². The summed E-state index contributed by atoms with van der Waals surface area (Å²) < 4.78 is 38.3. The third-order valence-electron chi connectivity index (χ3n) is 3.51. The highest BCUT2D eigenvalue weighted by Crippen LogP contribution is 2.34. The van der Waals surface area contributed by atoms with Gasteiger partial charge in [-0.1, -0.05) is 0 Å². The standard InChI is InChI=1S/C12H17NO4S2/c1-10-3-4-11(18-10)19(14,15)13-6-2-5-12(9-13)16-7-8-17-12/h3-4H,2,5-9H2,1H3. The SMILES string of the molecule is Cc1ccc(S(=O)(=O)N2CCCC3(C2)OCCO3)s1. The Morgan fingerprint density at radius 1 is 1.32 bits per heavy atom. The zero-order valence-electron chi connectivity index (χ0n) is 10.8. The first-order chi connectivity index (χ1) is 9.02. The summed E-state index contributed by atoms with van der Waals surface area (Å²) in [7, 11) is -3.41. The van der Waals surface area contributed by atoms with Gasteiger partial charge < -0.3 is 9.47 Å². The Kier molecular flexibility index (Phi) is 3.43. The second kappa shape index (κ2) is 4.82. The molecular formula is C12H17NO4S2. The van der Waals surface area contributed by atoms with Gasteiger partial charge in [-0.15, -0.1) is 11.3 Å². The first-order valence-electron chi connectivity index (χ1n) is 6.36. The third-order valence-corrected chi connectivity index (χ3v) is 6.82. The number of ether oxygens (including phenoxy) is 2. The first-order valence-corrected chi connectivity index (χ1v) is 8.62. The summed E-state index contributed by atoms with van der Waals surface area (Å²) in [5.74, 6) is -0.711. The van der Waals surface area contributed by atoms with E-state index in [1.165, 1.54) is 15.6 Å². The molecule has 1 aromatic heterocycles. The van der Waals surface area contributed by atoms with E-state index in [4.69, 9.17) is 9.47 Å². The molecule has 5 nitrogen and oxygen atoms in total. The van der Waals surface area contributed by atoms with E-state index in [1.54, 1.807) is 6.07 Å². The van der Waals surface area contributed by atoms with Crippen molar-refractivity contribution in [3.05, 3.63) is 17.0 Å². The van der Waals surface area contributed by atoms with Gasteiger partial charge >= 0.3 is 0 Å². The normalized spacial score (nSPS) is 24.1. The zero-order chi connectivity index (χ0) is 13.5. The Morgan fingerprint density at radius 3 is 2.68 bits per heavy atom. The van der Waals surface area contributed by atoms with Gasteiger partial charge in [0.05, 0.1) is 19.8 Å². The highest BCUT2D eigenvalue weighted by Gasteiger charge is 2.44. The monoisotopic (exact) mass is 303 g/mol. The molecule has 19 heavy (non-hydrogen) atoms. The van der Waals surface area contributed by atoms with E-state index >= 15 is 0 Å². The van der Waals surface area contributed by atoms with Gasteiger partial charge in [0.2, 0.25) is 0 Å². The molecule has 2 aliphatic heterocycles. The molecule has 1 aromatic rings. The number of rotatable bonds is 2. The molecule has 0 aliphatic carbocycles. The molecule has 0 N–H and O–H groups in total. The molecule has 0 bridgehead atoms. The third kappa shape index (κ3) is 2.45. The number of nitrogens with zero attached hydrogens (tertiary/aromatic N) is 1. The summed E-state index contributed by atoms with van der Waals surface area (Å²) in [5, 5.41) is 0. The fourth-order valence-corrected chi connectivity index (χ4v) is 5.52. The van der Waals surface area contributed by atoms with Crippen LogP contribution >= 0.6 is 11.3 Å². The van der Waals surface area contributed by atoms with Crippen LogP contribution in [0.25, 0.3) is 0 Å². The van der Waals surface area contributed by atoms with Gasteiger partial charge in [0.1, 0.15) is 4.21 Å². The highest BCUT2D eigenvalue weighted by molar-refractivity contribution is 7.91. The van der Waals surface area contributed by atoms with Crippen molar-refractivity contribution in [3.8, 4) is 0 Å². The molecule has 0 amide bonds. The predicted molar refractivity (Wildman–Crippen MR) is 71.7 cm³/mol. The van der Waals surface area contributed by atoms with Crippen LogP contribution in [0.2, 0.25) is 0 Å². The van der Waals surface area contributed by atoms with Crippen molar-refractivity contribution in [3.63, 3.8) is 0 Å². The van der Waals surface area contributed by atoms with Crippen molar-refractivity contribution in [2.75, 3.05) is 26.3 Å². The van der Waals surface area contributed by atoms with Crippen LogP contribution in [-0.4, -0.2) is 44.8 Å². The molecule has 3 heterocycles. The van der Waals surface area contributed by atoms with Crippen LogP contribution in [0.1, 0.15) is 17.7 Å². The molecule has 2 aliphatic rings. The number of hydrogen-bond acceptors (Lipinski definition) is 5. The lowest BCUT2D eigenvalue weighted by atomic mass is 10.1. The van der Waals surface area contributed by atoms with Crippen molar-refractivity contribution in [2.45, 2.75) is 29.8 Å². The number of aryl methyl sites for hydroxylation is 1.